The van der Waals surface area contributed by atoms with Gasteiger partial charge >= 0.3 is 6.09 Å². The van der Waals surface area contributed by atoms with Gasteiger partial charge in [-0.05, 0) is 43.2 Å². The maximum Gasteiger partial charge on any atom is 0.408 e. The lowest BCUT2D eigenvalue weighted by atomic mass is 9.87. The molecule has 2 amide bonds. The highest BCUT2D eigenvalue weighted by atomic mass is 16.5. The summed E-state index contributed by atoms with van der Waals surface area (Å²) in [5, 5.41) is 12.5. The van der Waals surface area contributed by atoms with Crippen LogP contribution >= 0.6 is 0 Å². The molecule has 1 aliphatic heterocycles. The number of hydrogen-bond donors (Lipinski definition) is 3. The van der Waals surface area contributed by atoms with Crippen molar-refractivity contribution in [3.63, 3.8) is 0 Å². The molecular weight excluding hydrogens is 436 g/mol. The van der Waals surface area contributed by atoms with Gasteiger partial charge in [-0.15, -0.1) is 0 Å². The summed E-state index contributed by atoms with van der Waals surface area (Å²) in [5.74, 6) is -2.74. The van der Waals surface area contributed by atoms with Crippen LogP contribution in [0.25, 0.3) is 0 Å². The number of alkyl carbamates (subject to hydrolysis) is 1. The molecule has 182 valence electrons. The molecule has 3 N–H and O–H groups in total. The number of amides is 2. The zero-order chi connectivity index (χ0) is 24.5. The standard InChI is InChI=1S/C25H32N4O5/c1-16(2)22(27-25(33)34-15-17-8-4-3-5-9-17)21(30)13-18-12-20-14-19(28-29-20)10-6-7-11-26-24(32)23(18)31/h3-5,8-9,14,16,18,22H,6-7,10-13,15H2,1-2H3,(H,26,32)(H,27,33)(H,28,29). The van der Waals surface area contributed by atoms with E-state index in [-0.39, 0.29) is 31.1 Å². The maximum absolute atomic E-state index is 13.2. The molecule has 2 atom stereocenters. The highest BCUT2D eigenvalue weighted by Crippen LogP contribution is 2.18. The highest BCUT2D eigenvalue weighted by Gasteiger charge is 2.33. The van der Waals surface area contributed by atoms with Gasteiger partial charge in [-0.2, -0.15) is 5.10 Å². The smallest absolute Gasteiger partial charge is 0.408 e. The number of nitrogens with zero attached hydrogens (tertiary/aromatic N) is 1. The predicted molar refractivity (Wildman–Crippen MR) is 125 cm³/mol. The van der Waals surface area contributed by atoms with E-state index in [9.17, 15) is 19.2 Å². The van der Waals surface area contributed by atoms with Crippen molar-refractivity contribution < 1.29 is 23.9 Å². The van der Waals surface area contributed by atoms with Crippen LogP contribution in [0.5, 0.6) is 0 Å². The number of Topliss-reactive ketones (excluding diaryl/α,β-unsaturated/α-hetero) is 2. The Kier molecular flexibility index (Phi) is 8.95. The molecule has 2 unspecified atom stereocenters. The Balaban J connectivity index is 1.67. The van der Waals surface area contributed by atoms with E-state index in [1.165, 1.54) is 0 Å². The summed E-state index contributed by atoms with van der Waals surface area (Å²) >= 11 is 0. The number of aromatic amines is 1. The molecule has 1 aromatic heterocycles. The van der Waals surface area contributed by atoms with E-state index in [4.69, 9.17) is 4.74 Å². The number of aryl methyl sites for hydroxylation is 1. The van der Waals surface area contributed by atoms with Crippen LogP contribution in [0.2, 0.25) is 0 Å². The van der Waals surface area contributed by atoms with E-state index in [1.54, 1.807) is 13.8 Å². The number of nitrogens with one attached hydrogen (secondary N) is 3. The van der Waals surface area contributed by atoms with Crippen molar-refractivity contribution in [2.24, 2.45) is 11.8 Å². The molecule has 0 radical (unpaired) electrons. The van der Waals surface area contributed by atoms with Gasteiger partial charge in [-0.3, -0.25) is 19.5 Å². The number of rotatable bonds is 7. The lowest BCUT2D eigenvalue weighted by molar-refractivity contribution is -0.141. The van der Waals surface area contributed by atoms with Gasteiger partial charge in [0.05, 0.1) is 11.7 Å². The van der Waals surface area contributed by atoms with Gasteiger partial charge in [0, 0.05) is 24.6 Å². The number of aromatic nitrogens is 2. The molecule has 0 saturated heterocycles. The summed E-state index contributed by atoms with van der Waals surface area (Å²) in [6.45, 7) is 4.08. The first-order valence-electron chi connectivity index (χ1n) is 11.7. The molecule has 1 aliphatic rings. The Morgan fingerprint density at radius 3 is 2.68 bits per heavy atom. The van der Waals surface area contributed by atoms with Crippen LogP contribution in [-0.4, -0.2) is 46.4 Å². The van der Waals surface area contributed by atoms with Crippen LogP contribution in [0, 0.1) is 11.8 Å². The van der Waals surface area contributed by atoms with Gasteiger partial charge in [0.1, 0.15) is 6.61 Å². The SMILES string of the molecule is CC(C)C(NC(=O)OCc1ccccc1)C(=O)CC1Cc2cc(n[nH]2)CCCCNC(=O)C1=O. The Labute approximate surface area is 199 Å². The number of hydrogen-bond acceptors (Lipinski definition) is 6. The lowest BCUT2D eigenvalue weighted by Gasteiger charge is -2.23. The van der Waals surface area contributed by atoms with Crippen molar-refractivity contribution in [1.82, 2.24) is 20.8 Å². The van der Waals surface area contributed by atoms with Crippen LogP contribution < -0.4 is 10.6 Å². The van der Waals surface area contributed by atoms with Gasteiger partial charge < -0.3 is 15.4 Å². The molecule has 0 saturated carbocycles. The van der Waals surface area contributed by atoms with Gasteiger partial charge in [-0.25, -0.2) is 4.79 Å². The Morgan fingerprint density at radius 1 is 1.18 bits per heavy atom. The largest absolute Gasteiger partial charge is 0.445 e. The minimum absolute atomic E-state index is 0.0785. The molecular formula is C25H32N4O5. The summed E-state index contributed by atoms with van der Waals surface area (Å²) in [6.07, 6.45) is 1.65. The second-order valence-electron chi connectivity index (χ2n) is 8.96. The van der Waals surface area contributed by atoms with Crippen molar-refractivity contribution in [2.45, 2.75) is 58.6 Å². The third kappa shape index (κ3) is 7.26. The molecule has 1 aromatic carbocycles. The Hall–Kier alpha value is -3.49. The Bertz CT molecular complexity index is 1000. The number of fused-ring (bicyclic) bond motifs is 2. The van der Waals surface area contributed by atoms with Crippen LogP contribution in [0.3, 0.4) is 0 Å². The Morgan fingerprint density at radius 2 is 1.94 bits per heavy atom. The highest BCUT2D eigenvalue weighted by molar-refractivity contribution is 6.37. The molecule has 0 aliphatic carbocycles. The molecule has 3 rings (SSSR count). The zero-order valence-electron chi connectivity index (χ0n) is 19.6. The van der Waals surface area contributed by atoms with E-state index < -0.39 is 29.7 Å². The van der Waals surface area contributed by atoms with Crippen molar-refractivity contribution in [2.75, 3.05) is 6.54 Å². The van der Waals surface area contributed by atoms with E-state index in [0.29, 0.717) is 12.2 Å². The number of ether oxygens (including phenoxy) is 1. The quantitative estimate of drug-likeness (QED) is 0.535. The van der Waals surface area contributed by atoms with Crippen LogP contribution in [0.1, 0.15) is 50.1 Å². The van der Waals surface area contributed by atoms with E-state index in [2.05, 4.69) is 20.8 Å². The fourth-order valence-corrected chi connectivity index (χ4v) is 3.95. The third-order valence-electron chi connectivity index (χ3n) is 5.84. The summed E-state index contributed by atoms with van der Waals surface area (Å²) in [7, 11) is 0. The topological polar surface area (TPSA) is 130 Å². The number of ketones is 2. The number of carbonyl (C=O) groups is 4. The molecule has 2 heterocycles. The van der Waals surface area contributed by atoms with Gasteiger partial charge in [0.2, 0.25) is 5.78 Å². The second-order valence-corrected chi connectivity index (χ2v) is 8.96. The lowest BCUT2D eigenvalue weighted by Crippen LogP contribution is -2.46. The van der Waals surface area contributed by atoms with E-state index in [0.717, 1.165) is 30.5 Å². The normalized spacial score (nSPS) is 17.8. The molecule has 9 nitrogen and oxygen atoms in total. The fraction of sp³-hybridized carbons (Fsp3) is 0.480. The predicted octanol–water partition coefficient (Wildman–Crippen LogP) is 2.50. The maximum atomic E-state index is 13.2. The van der Waals surface area contributed by atoms with Crippen molar-refractivity contribution in [3.05, 3.63) is 53.3 Å². The van der Waals surface area contributed by atoms with Crippen molar-refractivity contribution in [3.8, 4) is 0 Å². The van der Waals surface area contributed by atoms with Crippen LogP contribution in [-0.2, 0) is 38.6 Å². The van der Waals surface area contributed by atoms with Gasteiger partial charge in [0.15, 0.2) is 5.78 Å². The minimum Gasteiger partial charge on any atom is -0.445 e. The first-order chi connectivity index (χ1) is 16.3. The average molecular weight is 469 g/mol. The van der Waals surface area contributed by atoms with Gasteiger partial charge in [-0.1, -0.05) is 44.2 Å². The number of benzene rings is 1. The van der Waals surface area contributed by atoms with E-state index in [1.807, 2.05) is 36.4 Å². The molecule has 0 fully saturated rings. The van der Waals surface area contributed by atoms with E-state index >= 15 is 0 Å². The third-order valence-corrected chi connectivity index (χ3v) is 5.84. The summed E-state index contributed by atoms with van der Waals surface area (Å²) in [5.41, 5.74) is 2.42. The molecule has 0 spiro atoms. The average Bonchev–Trinajstić information content (AvgIpc) is 3.27. The van der Waals surface area contributed by atoms with Crippen LogP contribution in [0.15, 0.2) is 36.4 Å². The minimum atomic E-state index is -0.858. The van der Waals surface area contributed by atoms with Crippen LogP contribution in [0.4, 0.5) is 4.79 Å². The molecule has 9 heteroatoms. The molecule has 2 bridgehead atoms. The van der Waals surface area contributed by atoms with Gasteiger partial charge in [0.25, 0.3) is 5.91 Å². The first kappa shape index (κ1) is 25.1. The van der Waals surface area contributed by atoms with Crippen molar-refractivity contribution in [1.29, 1.82) is 0 Å². The number of H-pyrrole nitrogens is 1. The monoisotopic (exact) mass is 468 g/mol. The first-order valence-corrected chi connectivity index (χ1v) is 11.7. The molecule has 34 heavy (non-hydrogen) atoms. The fourth-order valence-electron chi connectivity index (χ4n) is 3.95. The summed E-state index contributed by atoms with van der Waals surface area (Å²) < 4.78 is 5.25. The van der Waals surface area contributed by atoms with Crippen molar-refractivity contribution >= 4 is 23.6 Å². The second kappa shape index (κ2) is 12.1. The number of carbonyl (C=O) groups excluding carboxylic acids is 4. The molecule has 2 aromatic rings. The summed E-state index contributed by atoms with van der Waals surface area (Å²) in [4.78, 5) is 50.8. The zero-order valence-corrected chi connectivity index (χ0v) is 19.6. The summed E-state index contributed by atoms with van der Waals surface area (Å²) in [6, 6.07) is 10.2.